The smallest absolute Gasteiger partial charge is 0.331 e. The molecule has 1 aliphatic rings. The molecule has 2 amide bonds. The van der Waals surface area contributed by atoms with Crippen molar-refractivity contribution in [1.29, 1.82) is 0 Å². The Morgan fingerprint density at radius 2 is 1.28 bits per heavy atom. The molecule has 0 aromatic heterocycles. The lowest BCUT2D eigenvalue weighted by Gasteiger charge is -2.34. The van der Waals surface area contributed by atoms with Crippen LogP contribution in [0.5, 0.6) is 0 Å². The van der Waals surface area contributed by atoms with Crippen LogP contribution in [0.3, 0.4) is 0 Å². The van der Waals surface area contributed by atoms with E-state index >= 15 is 0 Å². The van der Waals surface area contributed by atoms with Crippen LogP contribution in [0, 0.1) is 0 Å². The van der Waals surface area contributed by atoms with Crippen molar-refractivity contribution in [2.45, 2.75) is 20.8 Å². The fourth-order valence-electron chi connectivity index (χ4n) is 1.78. The highest BCUT2D eigenvalue weighted by molar-refractivity contribution is 6.01. The van der Waals surface area contributed by atoms with Crippen LogP contribution in [-0.2, 0) is 14.4 Å². The van der Waals surface area contributed by atoms with Crippen LogP contribution in [0.2, 0.25) is 0 Å². The molecule has 6 heteroatoms. The number of aliphatic carboxylic acids is 1. The molecule has 0 saturated carbocycles. The van der Waals surface area contributed by atoms with E-state index < -0.39 is 5.97 Å². The molecule has 18 heavy (non-hydrogen) atoms. The third-order valence-electron chi connectivity index (χ3n) is 3.22. The fraction of sp³-hybridized carbons (Fsp3) is 0.583. The first-order chi connectivity index (χ1) is 8.34. The van der Waals surface area contributed by atoms with Crippen molar-refractivity contribution in [3.05, 3.63) is 11.1 Å². The van der Waals surface area contributed by atoms with E-state index in [2.05, 4.69) is 0 Å². The minimum Gasteiger partial charge on any atom is -0.478 e. The van der Waals surface area contributed by atoms with Gasteiger partial charge in [0.1, 0.15) is 0 Å². The average molecular weight is 254 g/mol. The predicted octanol–water partition coefficient (Wildman–Crippen LogP) is 0.0981. The molecule has 1 aliphatic heterocycles. The van der Waals surface area contributed by atoms with E-state index in [4.69, 9.17) is 5.11 Å². The third kappa shape index (κ3) is 3.09. The molecule has 1 fully saturated rings. The Labute approximate surface area is 106 Å². The molecular weight excluding hydrogens is 236 g/mol. The summed E-state index contributed by atoms with van der Waals surface area (Å²) < 4.78 is 0. The number of carbonyl (C=O) groups excluding carboxylic acids is 2. The molecule has 1 rings (SSSR count). The maximum absolute atomic E-state index is 12.0. The van der Waals surface area contributed by atoms with Crippen LogP contribution in [0.4, 0.5) is 0 Å². The Balaban J connectivity index is 2.69. The molecule has 6 nitrogen and oxygen atoms in total. The zero-order valence-electron chi connectivity index (χ0n) is 10.9. The lowest BCUT2D eigenvalue weighted by molar-refractivity contribution is -0.136. The number of rotatable bonds is 2. The largest absolute Gasteiger partial charge is 0.478 e. The highest BCUT2D eigenvalue weighted by Gasteiger charge is 2.24. The highest BCUT2D eigenvalue weighted by Crippen LogP contribution is 2.11. The van der Waals surface area contributed by atoms with Gasteiger partial charge >= 0.3 is 5.97 Å². The Morgan fingerprint density at radius 3 is 1.67 bits per heavy atom. The summed E-state index contributed by atoms with van der Waals surface area (Å²) in [5, 5.41) is 8.83. The number of amides is 2. The summed E-state index contributed by atoms with van der Waals surface area (Å²) >= 11 is 0. The highest BCUT2D eigenvalue weighted by atomic mass is 16.4. The second-order valence-corrected chi connectivity index (χ2v) is 4.35. The minimum atomic E-state index is -1.08. The number of carbonyl (C=O) groups is 3. The molecule has 0 atom stereocenters. The second-order valence-electron chi connectivity index (χ2n) is 4.35. The Morgan fingerprint density at radius 1 is 0.833 bits per heavy atom. The van der Waals surface area contributed by atoms with E-state index in [1.807, 2.05) is 0 Å². The molecule has 100 valence electrons. The van der Waals surface area contributed by atoms with Gasteiger partial charge in [0.05, 0.1) is 0 Å². The number of hydrogen-bond donors (Lipinski definition) is 1. The van der Waals surface area contributed by atoms with Gasteiger partial charge in [-0.3, -0.25) is 9.59 Å². The predicted molar refractivity (Wildman–Crippen MR) is 64.8 cm³/mol. The zero-order valence-corrected chi connectivity index (χ0v) is 10.9. The van der Waals surface area contributed by atoms with Crippen molar-refractivity contribution in [2.75, 3.05) is 26.2 Å². The molecule has 1 saturated heterocycles. The number of carboxylic acids is 1. The molecular formula is C12H18N2O4. The van der Waals surface area contributed by atoms with Crippen molar-refractivity contribution < 1.29 is 19.5 Å². The molecule has 1 N–H and O–H groups in total. The van der Waals surface area contributed by atoms with Crippen molar-refractivity contribution in [3.63, 3.8) is 0 Å². The Hall–Kier alpha value is -1.85. The zero-order chi connectivity index (χ0) is 13.9. The average Bonchev–Trinajstić information content (AvgIpc) is 2.36. The third-order valence-corrected chi connectivity index (χ3v) is 3.22. The second kappa shape index (κ2) is 5.66. The van der Waals surface area contributed by atoms with Crippen LogP contribution in [-0.4, -0.2) is 58.9 Å². The van der Waals surface area contributed by atoms with E-state index in [-0.39, 0.29) is 23.0 Å². The topological polar surface area (TPSA) is 77.9 Å². The number of nitrogens with zero attached hydrogens (tertiary/aromatic N) is 2. The first-order valence-electron chi connectivity index (χ1n) is 5.80. The van der Waals surface area contributed by atoms with Gasteiger partial charge in [-0.15, -0.1) is 0 Å². The van der Waals surface area contributed by atoms with Crippen molar-refractivity contribution in [3.8, 4) is 0 Å². The molecule has 0 unspecified atom stereocenters. The van der Waals surface area contributed by atoms with E-state index in [1.54, 1.807) is 9.80 Å². The summed E-state index contributed by atoms with van der Waals surface area (Å²) in [6.45, 7) is 6.33. The van der Waals surface area contributed by atoms with Gasteiger partial charge in [-0.25, -0.2) is 4.79 Å². The maximum atomic E-state index is 12.0. The summed E-state index contributed by atoms with van der Waals surface area (Å²) in [6, 6.07) is 0. The van der Waals surface area contributed by atoms with Gasteiger partial charge in [0.15, 0.2) is 0 Å². The molecule has 0 aliphatic carbocycles. The van der Waals surface area contributed by atoms with E-state index in [0.29, 0.717) is 26.2 Å². The first kappa shape index (κ1) is 14.2. The molecule has 0 radical (unpaired) electrons. The lowest BCUT2D eigenvalue weighted by Crippen LogP contribution is -2.50. The van der Waals surface area contributed by atoms with Gasteiger partial charge in [0.25, 0.3) is 0 Å². The van der Waals surface area contributed by atoms with Gasteiger partial charge in [-0.1, -0.05) is 0 Å². The van der Waals surface area contributed by atoms with Gasteiger partial charge < -0.3 is 14.9 Å². The van der Waals surface area contributed by atoms with Gasteiger partial charge in [0, 0.05) is 44.2 Å². The quantitative estimate of drug-likeness (QED) is 0.709. The first-order valence-corrected chi connectivity index (χ1v) is 5.80. The standard InChI is InChI=1S/C12H18N2O4/c1-8(9(2)12(17)18)11(16)14-6-4-13(5-7-14)10(3)15/h4-7H2,1-3H3,(H,17,18). The van der Waals surface area contributed by atoms with Crippen LogP contribution in [0.15, 0.2) is 11.1 Å². The van der Waals surface area contributed by atoms with E-state index in [0.717, 1.165) is 0 Å². The van der Waals surface area contributed by atoms with Gasteiger partial charge in [-0.2, -0.15) is 0 Å². The summed E-state index contributed by atoms with van der Waals surface area (Å²) in [5.74, 6) is -1.35. The molecule has 1 heterocycles. The number of carboxylic acid groups (broad SMARTS) is 1. The summed E-state index contributed by atoms with van der Waals surface area (Å²) in [5.41, 5.74) is 0.313. The monoisotopic (exact) mass is 254 g/mol. The molecule has 0 spiro atoms. The molecule has 0 bridgehead atoms. The normalized spacial score (nSPS) is 17.3. The van der Waals surface area contributed by atoms with Gasteiger partial charge in [-0.05, 0) is 13.8 Å². The lowest BCUT2D eigenvalue weighted by atomic mass is 10.1. The molecule has 0 aromatic carbocycles. The summed E-state index contributed by atoms with van der Waals surface area (Å²) in [4.78, 5) is 37.2. The van der Waals surface area contributed by atoms with Gasteiger partial charge in [0.2, 0.25) is 11.8 Å². The number of hydrogen-bond acceptors (Lipinski definition) is 3. The van der Waals surface area contributed by atoms with Crippen LogP contribution < -0.4 is 0 Å². The van der Waals surface area contributed by atoms with Crippen molar-refractivity contribution >= 4 is 17.8 Å². The van der Waals surface area contributed by atoms with Crippen molar-refractivity contribution in [2.24, 2.45) is 0 Å². The SMILES string of the molecule is CC(=O)N1CCN(C(=O)C(C)=C(C)C(=O)O)CC1. The Bertz CT molecular complexity index is 406. The fourth-order valence-corrected chi connectivity index (χ4v) is 1.78. The minimum absolute atomic E-state index is 0.00363. The van der Waals surface area contributed by atoms with Crippen LogP contribution in [0.1, 0.15) is 20.8 Å². The van der Waals surface area contributed by atoms with Crippen molar-refractivity contribution in [1.82, 2.24) is 9.80 Å². The maximum Gasteiger partial charge on any atom is 0.331 e. The van der Waals surface area contributed by atoms with Crippen LogP contribution in [0.25, 0.3) is 0 Å². The van der Waals surface area contributed by atoms with E-state index in [9.17, 15) is 14.4 Å². The molecule has 0 aromatic rings. The van der Waals surface area contributed by atoms with E-state index in [1.165, 1.54) is 20.8 Å². The Kier molecular flexibility index (Phi) is 4.47. The number of piperazine rings is 1. The summed E-state index contributed by atoms with van der Waals surface area (Å²) in [7, 11) is 0. The summed E-state index contributed by atoms with van der Waals surface area (Å²) in [6.07, 6.45) is 0. The van der Waals surface area contributed by atoms with Crippen LogP contribution >= 0.6 is 0 Å².